The first-order chi connectivity index (χ1) is 7.22. The third kappa shape index (κ3) is 4.37. The number of hydrogen-bond donors (Lipinski definition) is 1. The third-order valence-corrected chi connectivity index (χ3v) is 1.47. The quantitative estimate of drug-likeness (QED) is 0.474. The van der Waals surface area contributed by atoms with Crippen LogP contribution in [0.4, 0.5) is 5.82 Å². The molecular weight excluding hydrogens is 220 g/mol. The molecule has 1 N–H and O–H groups in total. The number of rotatable bonds is 4. The Morgan fingerprint density at radius 2 is 2.47 bits per heavy atom. The second-order valence-electron chi connectivity index (χ2n) is 2.36. The Kier molecular flexibility index (Phi) is 4.49. The molecule has 0 unspecified atom stereocenters. The van der Waals surface area contributed by atoms with Gasteiger partial charge in [0.15, 0.2) is 11.0 Å². The smallest absolute Gasteiger partial charge is 0.351 e. The van der Waals surface area contributed by atoms with E-state index in [0.29, 0.717) is 12.4 Å². The molecule has 0 aromatic carbocycles. The van der Waals surface area contributed by atoms with Crippen molar-refractivity contribution >= 4 is 29.6 Å². The molecule has 1 aromatic rings. The van der Waals surface area contributed by atoms with Crippen LogP contribution in [0.5, 0.6) is 0 Å². The number of ether oxygens (including phenoxy) is 1. The van der Waals surface area contributed by atoms with Gasteiger partial charge in [0, 0.05) is 0 Å². The van der Waals surface area contributed by atoms with E-state index in [1.165, 1.54) is 0 Å². The van der Waals surface area contributed by atoms with Gasteiger partial charge in [-0.25, -0.2) is 4.79 Å². The summed E-state index contributed by atoms with van der Waals surface area (Å²) in [6.07, 6.45) is 1.01. The maximum Gasteiger partial charge on any atom is 0.351 e. The summed E-state index contributed by atoms with van der Waals surface area (Å²) in [5.74, 6) is -0.133. The number of aromatic nitrogens is 2. The first kappa shape index (κ1) is 11.4. The number of nitrogens with zero attached hydrogens (tertiary/aromatic N) is 3. The molecule has 0 radical (unpaired) electrons. The Hall–Kier alpha value is -1.69. The van der Waals surface area contributed by atoms with Crippen molar-refractivity contribution in [3.05, 3.63) is 17.3 Å². The average molecular weight is 229 g/mol. The summed E-state index contributed by atoms with van der Waals surface area (Å²) in [5, 5.41) is 11.1. The maximum atomic E-state index is 10.8. The minimum atomic E-state index is -0.521. The van der Waals surface area contributed by atoms with Gasteiger partial charge in [0.1, 0.15) is 6.21 Å². The third-order valence-electron chi connectivity index (χ3n) is 1.27. The standard InChI is InChI=1S/C8H9ClN4O2/c1-2-15-8(14)5-10-12-7-4-3-6(9)11-13-7/h3-5H,2H2,1H3,(H,12,13)/b10-5-. The molecule has 0 saturated heterocycles. The Bertz CT molecular complexity index is 352. The molecule has 80 valence electrons. The number of hydrazone groups is 1. The van der Waals surface area contributed by atoms with E-state index in [-0.39, 0.29) is 5.15 Å². The van der Waals surface area contributed by atoms with Gasteiger partial charge in [0.25, 0.3) is 0 Å². The monoisotopic (exact) mass is 228 g/mol. The lowest BCUT2D eigenvalue weighted by Crippen LogP contribution is -2.06. The topological polar surface area (TPSA) is 76.5 Å². The number of carbonyl (C=O) groups excluding carboxylic acids is 1. The lowest BCUT2D eigenvalue weighted by atomic mass is 10.5. The normalized spacial score (nSPS) is 10.3. The highest BCUT2D eigenvalue weighted by molar-refractivity contribution is 6.29. The Balaban J connectivity index is 2.43. The van der Waals surface area contributed by atoms with Gasteiger partial charge in [-0.1, -0.05) is 11.6 Å². The summed E-state index contributed by atoms with van der Waals surface area (Å²) in [7, 11) is 0. The van der Waals surface area contributed by atoms with Gasteiger partial charge in [0.2, 0.25) is 0 Å². The van der Waals surface area contributed by atoms with Crippen molar-refractivity contribution in [2.24, 2.45) is 5.10 Å². The highest BCUT2D eigenvalue weighted by Gasteiger charge is 1.95. The zero-order chi connectivity index (χ0) is 11.1. The molecule has 0 aliphatic carbocycles. The largest absolute Gasteiger partial charge is 0.462 e. The van der Waals surface area contributed by atoms with Gasteiger partial charge in [-0.2, -0.15) is 5.10 Å². The van der Waals surface area contributed by atoms with E-state index in [1.54, 1.807) is 19.1 Å². The second-order valence-corrected chi connectivity index (χ2v) is 2.75. The molecule has 0 aliphatic heterocycles. The zero-order valence-corrected chi connectivity index (χ0v) is 8.73. The molecule has 0 atom stereocenters. The van der Waals surface area contributed by atoms with Crippen molar-refractivity contribution in [1.82, 2.24) is 10.2 Å². The van der Waals surface area contributed by atoms with E-state index < -0.39 is 5.97 Å². The zero-order valence-electron chi connectivity index (χ0n) is 7.98. The summed E-state index contributed by atoms with van der Waals surface area (Å²) in [5.41, 5.74) is 2.50. The summed E-state index contributed by atoms with van der Waals surface area (Å²) >= 11 is 5.52. The predicted octanol–water partition coefficient (Wildman–Crippen LogP) is 1.09. The second kappa shape index (κ2) is 5.92. The van der Waals surface area contributed by atoms with Crippen LogP contribution in [-0.2, 0) is 9.53 Å². The molecule has 15 heavy (non-hydrogen) atoms. The molecule has 1 heterocycles. The highest BCUT2D eigenvalue weighted by Crippen LogP contribution is 2.05. The molecule has 0 bridgehead atoms. The Morgan fingerprint density at radius 3 is 3.07 bits per heavy atom. The van der Waals surface area contributed by atoms with E-state index in [1.807, 2.05) is 0 Å². The van der Waals surface area contributed by atoms with Crippen LogP contribution in [0.25, 0.3) is 0 Å². The number of nitrogens with one attached hydrogen (secondary N) is 1. The van der Waals surface area contributed by atoms with Crippen LogP contribution in [-0.4, -0.2) is 29.0 Å². The summed E-state index contributed by atoms with van der Waals surface area (Å²) < 4.78 is 4.61. The van der Waals surface area contributed by atoms with Gasteiger partial charge >= 0.3 is 5.97 Å². The molecule has 0 amide bonds. The molecule has 0 fully saturated rings. The van der Waals surface area contributed by atoms with E-state index in [2.05, 4.69) is 25.5 Å². The van der Waals surface area contributed by atoms with E-state index in [4.69, 9.17) is 11.6 Å². The molecule has 0 saturated carbocycles. The SMILES string of the molecule is CCOC(=O)/C=N\Nc1ccc(Cl)nn1. The van der Waals surface area contributed by atoms with E-state index >= 15 is 0 Å². The number of hydrogen-bond acceptors (Lipinski definition) is 6. The number of halogens is 1. The summed E-state index contributed by atoms with van der Waals surface area (Å²) in [6.45, 7) is 2.02. The molecule has 0 aliphatic rings. The van der Waals surface area contributed by atoms with Crippen LogP contribution >= 0.6 is 11.6 Å². The van der Waals surface area contributed by atoms with E-state index in [9.17, 15) is 4.79 Å². The average Bonchev–Trinajstić information content (AvgIpc) is 2.21. The van der Waals surface area contributed by atoms with Gasteiger partial charge in [0.05, 0.1) is 6.61 Å². The van der Waals surface area contributed by atoms with Crippen molar-refractivity contribution in [2.75, 3.05) is 12.0 Å². The van der Waals surface area contributed by atoms with Crippen molar-refractivity contribution in [1.29, 1.82) is 0 Å². The Labute approximate surface area is 91.3 Å². The minimum Gasteiger partial charge on any atom is -0.462 e. The number of esters is 1. The molecule has 7 heteroatoms. The van der Waals surface area contributed by atoms with Crippen LogP contribution < -0.4 is 5.43 Å². The summed E-state index contributed by atoms with van der Waals surface area (Å²) in [6, 6.07) is 3.13. The predicted molar refractivity (Wildman–Crippen MR) is 55.8 cm³/mol. The van der Waals surface area contributed by atoms with Gasteiger partial charge in [-0.3, -0.25) is 5.43 Å². The van der Waals surface area contributed by atoms with E-state index in [0.717, 1.165) is 6.21 Å². The Morgan fingerprint density at radius 1 is 1.67 bits per heavy atom. The molecular formula is C8H9ClN4O2. The van der Waals surface area contributed by atoms with Crippen molar-refractivity contribution in [3.8, 4) is 0 Å². The summed E-state index contributed by atoms with van der Waals surface area (Å²) in [4.78, 5) is 10.8. The van der Waals surface area contributed by atoms with Gasteiger partial charge < -0.3 is 4.74 Å². The van der Waals surface area contributed by atoms with Crippen LogP contribution in [0.3, 0.4) is 0 Å². The van der Waals surface area contributed by atoms with Crippen LogP contribution in [0.2, 0.25) is 5.15 Å². The highest BCUT2D eigenvalue weighted by atomic mass is 35.5. The molecule has 1 aromatic heterocycles. The van der Waals surface area contributed by atoms with Gasteiger partial charge in [-0.05, 0) is 19.1 Å². The van der Waals surface area contributed by atoms with Crippen LogP contribution in [0.15, 0.2) is 17.2 Å². The first-order valence-electron chi connectivity index (χ1n) is 4.17. The van der Waals surface area contributed by atoms with Crippen molar-refractivity contribution in [2.45, 2.75) is 6.92 Å². The van der Waals surface area contributed by atoms with Crippen molar-refractivity contribution < 1.29 is 9.53 Å². The van der Waals surface area contributed by atoms with Crippen molar-refractivity contribution in [3.63, 3.8) is 0 Å². The lowest BCUT2D eigenvalue weighted by Gasteiger charge is -1.97. The number of anilines is 1. The lowest BCUT2D eigenvalue weighted by molar-refractivity contribution is -0.134. The fourth-order valence-corrected chi connectivity index (χ4v) is 0.807. The van der Waals surface area contributed by atoms with Crippen LogP contribution in [0, 0.1) is 0 Å². The first-order valence-corrected chi connectivity index (χ1v) is 4.55. The van der Waals surface area contributed by atoms with Crippen LogP contribution in [0.1, 0.15) is 6.92 Å². The fraction of sp³-hybridized carbons (Fsp3) is 0.250. The molecule has 0 spiro atoms. The van der Waals surface area contributed by atoms with Gasteiger partial charge in [-0.15, -0.1) is 10.2 Å². The minimum absolute atomic E-state index is 0.287. The molecule has 1 rings (SSSR count). The number of carbonyl (C=O) groups is 1. The molecule has 6 nitrogen and oxygen atoms in total. The fourth-order valence-electron chi connectivity index (χ4n) is 0.706. The maximum absolute atomic E-state index is 10.8.